The molecule has 2 heterocycles. The van der Waals surface area contributed by atoms with Gasteiger partial charge in [0.1, 0.15) is 17.1 Å². The Labute approximate surface area is 111 Å². The SMILES string of the molecule is COC(=O)C1=C(CI)CS[C@@H]2C(N)C(=O)N12. The Hall–Kier alpha value is -0.280. The fourth-order valence-electron chi connectivity index (χ4n) is 1.77. The third kappa shape index (κ3) is 1.65. The first-order valence-corrected chi connectivity index (χ1v) is 7.25. The van der Waals surface area contributed by atoms with Crippen molar-refractivity contribution in [3.8, 4) is 0 Å². The van der Waals surface area contributed by atoms with Crippen LogP contribution in [0.25, 0.3) is 0 Å². The molecule has 1 amide bonds. The number of nitrogens with zero attached hydrogens (tertiary/aromatic N) is 1. The molecule has 0 aliphatic carbocycles. The molecule has 2 aliphatic rings. The summed E-state index contributed by atoms with van der Waals surface area (Å²) in [4.78, 5) is 24.8. The van der Waals surface area contributed by atoms with Gasteiger partial charge in [-0.1, -0.05) is 22.6 Å². The number of nitrogens with two attached hydrogens (primary N) is 1. The van der Waals surface area contributed by atoms with Crippen LogP contribution in [0.3, 0.4) is 0 Å². The number of amides is 1. The molecule has 2 aliphatic heterocycles. The van der Waals surface area contributed by atoms with Crippen LogP contribution in [-0.4, -0.2) is 45.5 Å². The molecule has 0 radical (unpaired) electrons. The van der Waals surface area contributed by atoms with Crippen LogP contribution in [0.2, 0.25) is 0 Å². The number of ether oxygens (including phenoxy) is 1. The van der Waals surface area contributed by atoms with Gasteiger partial charge < -0.3 is 10.5 Å². The number of halogens is 1. The summed E-state index contributed by atoms with van der Waals surface area (Å²) in [5.41, 5.74) is 7.01. The molecule has 16 heavy (non-hydrogen) atoms. The molecule has 0 spiro atoms. The van der Waals surface area contributed by atoms with Gasteiger partial charge in [-0.3, -0.25) is 9.69 Å². The van der Waals surface area contributed by atoms with Crippen molar-refractivity contribution in [1.29, 1.82) is 0 Å². The van der Waals surface area contributed by atoms with E-state index in [9.17, 15) is 9.59 Å². The number of carbonyl (C=O) groups excluding carboxylic acids is 2. The maximum absolute atomic E-state index is 11.7. The second kappa shape index (κ2) is 4.53. The number of fused-ring (bicyclic) bond motifs is 1. The Morgan fingerprint density at radius 1 is 1.75 bits per heavy atom. The van der Waals surface area contributed by atoms with Crippen LogP contribution in [0.1, 0.15) is 0 Å². The lowest BCUT2D eigenvalue weighted by atomic mass is 10.0. The van der Waals surface area contributed by atoms with E-state index in [2.05, 4.69) is 22.6 Å². The van der Waals surface area contributed by atoms with Crippen LogP contribution in [0.4, 0.5) is 0 Å². The number of hydrogen-bond acceptors (Lipinski definition) is 5. The van der Waals surface area contributed by atoms with Crippen LogP contribution in [0, 0.1) is 0 Å². The second-order valence-corrected chi connectivity index (χ2v) is 5.38. The summed E-state index contributed by atoms with van der Waals surface area (Å²) >= 11 is 3.78. The number of methoxy groups -OCH3 is 1. The fourth-order valence-corrected chi connectivity index (χ4v) is 4.06. The number of alkyl halides is 1. The van der Waals surface area contributed by atoms with E-state index in [0.717, 1.165) is 11.3 Å². The zero-order chi connectivity index (χ0) is 11.9. The van der Waals surface area contributed by atoms with Crippen molar-refractivity contribution in [3.05, 3.63) is 11.3 Å². The minimum absolute atomic E-state index is 0.103. The lowest BCUT2D eigenvalue weighted by Gasteiger charge is -2.48. The summed E-state index contributed by atoms with van der Waals surface area (Å²) in [6, 6.07) is -0.486. The van der Waals surface area contributed by atoms with Crippen molar-refractivity contribution < 1.29 is 14.3 Å². The van der Waals surface area contributed by atoms with Gasteiger partial charge in [-0.15, -0.1) is 11.8 Å². The molecular formula is C9H11IN2O3S. The predicted molar refractivity (Wildman–Crippen MR) is 69.0 cm³/mol. The predicted octanol–water partition coefficient (Wildman–Crippen LogP) is 0.0909. The first-order valence-electron chi connectivity index (χ1n) is 4.68. The van der Waals surface area contributed by atoms with E-state index in [1.165, 1.54) is 12.0 Å². The molecule has 7 heteroatoms. The summed E-state index contributed by atoms with van der Waals surface area (Å²) in [5.74, 6) is 0.0902. The Balaban J connectivity index is 2.36. The minimum Gasteiger partial charge on any atom is -0.464 e. The second-order valence-electron chi connectivity index (χ2n) is 3.51. The van der Waals surface area contributed by atoms with Gasteiger partial charge in [-0.2, -0.15) is 0 Å². The minimum atomic E-state index is -0.486. The van der Waals surface area contributed by atoms with Crippen LogP contribution in [-0.2, 0) is 14.3 Å². The molecule has 2 rings (SSSR count). The van der Waals surface area contributed by atoms with Gasteiger partial charge in [0.2, 0.25) is 5.91 Å². The lowest BCUT2D eigenvalue weighted by Crippen LogP contribution is -2.68. The average molecular weight is 354 g/mol. The number of esters is 1. The highest BCUT2D eigenvalue weighted by atomic mass is 127. The zero-order valence-electron chi connectivity index (χ0n) is 8.60. The Morgan fingerprint density at radius 3 is 3.00 bits per heavy atom. The van der Waals surface area contributed by atoms with Crippen molar-refractivity contribution in [2.75, 3.05) is 17.3 Å². The molecule has 0 bridgehead atoms. The molecular weight excluding hydrogens is 343 g/mol. The van der Waals surface area contributed by atoms with Gasteiger partial charge in [0, 0.05) is 10.2 Å². The monoisotopic (exact) mass is 354 g/mol. The summed E-state index contributed by atoms with van der Waals surface area (Å²) in [7, 11) is 1.32. The normalized spacial score (nSPS) is 28.7. The molecule has 0 aromatic carbocycles. The van der Waals surface area contributed by atoms with E-state index >= 15 is 0 Å². The van der Waals surface area contributed by atoms with Crippen LogP contribution >= 0.6 is 34.4 Å². The number of carbonyl (C=O) groups is 2. The topological polar surface area (TPSA) is 72.6 Å². The van der Waals surface area contributed by atoms with E-state index in [-0.39, 0.29) is 11.3 Å². The average Bonchev–Trinajstić information content (AvgIpc) is 2.34. The molecule has 88 valence electrons. The van der Waals surface area contributed by atoms with E-state index in [1.807, 2.05) is 0 Å². The van der Waals surface area contributed by atoms with Crippen molar-refractivity contribution >= 4 is 46.2 Å². The summed E-state index contributed by atoms with van der Waals surface area (Å²) in [6.45, 7) is 0. The molecule has 0 aromatic heterocycles. The number of rotatable bonds is 2. The summed E-state index contributed by atoms with van der Waals surface area (Å²) < 4.78 is 5.42. The Morgan fingerprint density at radius 2 is 2.44 bits per heavy atom. The third-order valence-electron chi connectivity index (χ3n) is 2.63. The molecule has 1 fully saturated rings. The Bertz CT molecular complexity index is 385. The third-order valence-corrected chi connectivity index (χ3v) is 4.91. The fraction of sp³-hybridized carbons (Fsp3) is 0.556. The molecule has 0 aromatic rings. The van der Waals surface area contributed by atoms with E-state index < -0.39 is 12.0 Å². The first kappa shape index (κ1) is 12.2. The molecule has 1 unspecified atom stereocenters. The Kier molecular flexibility index (Phi) is 3.45. The van der Waals surface area contributed by atoms with Crippen molar-refractivity contribution in [2.24, 2.45) is 5.73 Å². The van der Waals surface area contributed by atoms with Gasteiger partial charge in [0.25, 0.3) is 0 Å². The van der Waals surface area contributed by atoms with Gasteiger partial charge >= 0.3 is 5.97 Å². The van der Waals surface area contributed by atoms with Crippen LogP contribution < -0.4 is 5.73 Å². The summed E-state index contributed by atoms with van der Waals surface area (Å²) in [5, 5.41) is -0.103. The lowest BCUT2D eigenvalue weighted by molar-refractivity contribution is -0.149. The summed E-state index contributed by atoms with van der Waals surface area (Å²) in [6.07, 6.45) is 0. The number of hydrogen-bond donors (Lipinski definition) is 1. The standard InChI is InChI=1S/C9H11IN2O3S/c1-15-9(14)6-4(2-10)3-16-8-5(11)7(13)12(6)8/h5,8H,2-3,11H2,1H3/t5?,8-/m1/s1. The highest BCUT2D eigenvalue weighted by molar-refractivity contribution is 14.1. The van der Waals surface area contributed by atoms with Crippen molar-refractivity contribution in [2.45, 2.75) is 11.4 Å². The van der Waals surface area contributed by atoms with Crippen LogP contribution in [0.15, 0.2) is 11.3 Å². The molecule has 0 saturated carbocycles. The van der Waals surface area contributed by atoms with Gasteiger partial charge in [-0.05, 0) is 5.57 Å². The van der Waals surface area contributed by atoms with E-state index in [4.69, 9.17) is 10.5 Å². The van der Waals surface area contributed by atoms with Crippen molar-refractivity contribution in [1.82, 2.24) is 4.90 Å². The number of thioether (sulfide) groups is 1. The van der Waals surface area contributed by atoms with Gasteiger partial charge in [-0.25, -0.2) is 4.79 Å². The number of β-lactam (4-membered cyclic amide) rings is 1. The molecule has 1 saturated heterocycles. The maximum atomic E-state index is 11.7. The molecule has 5 nitrogen and oxygen atoms in total. The van der Waals surface area contributed by atoms with E-state index in [0.29, 0.717) is 10.1 Å². The quantitative estimate of drug-likeness (QED) is 0.329. The molecule has 2 N–H and O–H groups in total. The highest BCUT2D eigenvalue weighted by Gasteiger charge is 2.51. The molecule has 2 atom stereocenters. The van der Waals surface area contributed by atoms with Gasteiger partial charge in [0.15, 0.2) is 0 Å². The first-order chi connectivity index (χ1) is 7.61. The smallest absolute Gasteiger partial charge is 0.354 e. The largest absolute Gasteiger partial charge is 0.464 e. The van der Waals surface area contributed by atoms with Crippen molar-refractivity contribution in [3.63, 3.8) is 0 Å². The van der Waals surface area contributed by atoms with E-state index in [1.54, 1.807) is 11.8 Å². The maximum Gasteiger partial charge on any atom is 0.354 e. The van der Waals surface area contributed by atoms with Gasteiger partial charge in [0.05, 0.1) is 7.11 Å². The highest BCUT2D eigenvalue weighted by Crippen LogP contribution is 2.39. The van der Waals surface area contributed by atoms with Crippen LogP contribution in [0.5, 0.6) is 0 Å². The zero-order valence-corrected chi connectivity index (χ0v) is 11.6.